The van der Waals surface area contributed by atoms with Crippen LogP contribution in [0.1, 0.15) is 142 Å². The second-order valence-corrected chi connectivity index (χ2v) is 7.91. The molecule has 150 valence electrons. The second kappa shape index (κ2) is 23.5. The van der Waals surface area contributed by atoms with Crippen molar-refractivity contribution < 1.29 is 1.41 Å². The van der Waals surface area contributed by atoms with E-state index in [1.807, 2.05) is 0 Å². The lowest BCUT2D eigenvalue weighted by atomic mass is 10.0. The van der Waals surface area contributed by atoms with Crippen LogP contribution in [0.5, 0.6) is 0 Å². The van der Waals surface area contributed by atoms with E-state index in [2.05, 4.69) is 18.7 Å². The highest BCUT2D eigenvalue weighted by molar-refractivity contribution is 4.74. The predicted octanol–water partition coefficient (Wildman–Crippen LogP) is 8.67. The molecule has 0 aliphatic heterocycles. The Morgan fingerprint density at radius 3 is 1.16 bits per heavy atom. The molecule has 0 rings (SSSR count). The summed E-state index contributed by atoms with van der Waals surface area (Å²) in [4.78, 5) is 0. The molecule has 0 fully saturated rings. The summed E-state index contributed by atoms with van der Waals surface area (Å²) in [5, 5.41) is 0. The molecule has 0 aromatic rings. The molecule has 0 radical (unpaired) electrons. The van der Waals surface area contributed by atoms with Gasteiger partial charge in [-0.25, -0.2) is 0 Å². The van der Waals surface area contributed by atoms with Gasteiger partial charge in [0.15, 0.2) is 1.41 Å². The molecule has 0 saturated heterocycles. The lowest BCUT2D eigenvalue weighted by molar-refractivity contribution is 0.522. The van der Waals surface area contributed by atoms with E-state index in [4.69, 9.17) is 1.41 Å². The van der Waals surface area contributed by atoms with Gasteiger partial charge >= 0.3 is 0 Å². The number of hydrogen-bond acceptors (Lipinski definition) is 1. The van der Waals surface area contributed by atoms with E-state index >= 15 is 0 Å². The van der Waals surface area contributed by atoms with E-state index in [1.165, 1.54) is 128 Å². The molecule has 2 N–H and O–H groups in total. The summed E-state index contributed by atoms with van der Waals surface area (Å²) in [6.07, 6.45) is 33.6. The van der Waals surface area contributed by atoms with Crippen molar-refractivity contribution in [2.24, 2.45) is 5.73 Å². The van der Waals surface area contributed by atoms with Gasteiger partial charge in [-0.3, -0.25) is 0 Å². The lowest BCUT2D eigenvalue weighted by Gasteiger charge is -2.04. The fourth-order valence-corrected chi connectivity index (χ4v) is 3.60. The zero-order valence-electron chi connectivity index (χ0n) is 18.5. The molecule has 0 unspecified atom stereocenters. The standard InChI is InChI=1S/C24H49N/c1-2-3-4-5-6-7-8-9-10-11-12-13-14-15-16-17-18-19-20-21-22-23-24-25/h23-24H,2-22,25H2,1H3/i/hD. The summed E-state index contributed by atoms with van der Waals surface area (Å²) in [6.45, 7) is 2.30. The Bertz CT molecular complexity index is 265. The summed E-state index contributed by atoms with van der Waals surface area (Å²) >= 11 is 0. The van der Waals surface area contributed by atoms with E-state index in [9.17, 15) is 0 Å². The van der Waals surface area contributed by atoms with Crippen LogP contribution < -0.4 is 5.73 Å². The van der Waals surface area contributed by atoms with Gasteiger partial charge in [0.2, 0.25) is 0 Å². The summed E-state index contributed by atoms with van der Waals surface area (Å²) in [5.74, 6) is 0. The number of allylic oxidation sites excluding steroid dienone is 1. The minimum absolute atomic E-state index is 1.12. The molecular formula is C24H49N. The van der Waals surface area contributed by atoms with E-state index in [0.717, 1.165) is 6.42 Å². The molecular weight excluding hydrogens is 302 g/mol. The zero-order valence-corrected chi connectivity index (χ0v) is 17.5. The van der Waals surface area contributed by atoms with Gasteiger partial charge in [0.05, 0.1) is 0 Å². The number of rotatable bonds is 22. The first-order valence-corrected chi connectivity index (χ1v) is 11.7. The quantitative estimate of drug-likeness (QED) is 0.194. The zero-order chi connectivity index (χ0) is 19.0. The monoisotopic (exact) mass is 352 g/mol. The summed E-state index contributed by atoms with van der Waals surface area (Å²) in [6, 6.07) is 0. The summed E-state index contributed by atoms with van der Waals surface area (Å²) in [7, 11) is 0. The minimum Gasteiger partial charge on any atom is -0.405 e. The molecule has 0 amide bonds. The maximum absolute atomic E-state index is 6.79. The Balaban J connectivity index is 2.98. The summed E-state index contributed by atoms with van der Waals surface area (Å²) in [5.41, 5.74) is 2.30. The molecule has 25 heavy (non-hydrogen) atoms. The van der Waals surface area contributed by atoms with E-state index in [-0.39, 0.29) is 0 Å². The summed E-state index contributed by atoms with van der Waals surface area (Å²) < 4.78 is 6.79. The Kier molecular flexibility index (Phi) is 21.3. The Hall–Kier alpha value is -0.460. The molecule has 0 aliphatic rings. The van der Waals surface area contributed by atoms with Crippen molar-refractivity contribution in [3.05, 3.63) is 12.3 Å². The van der Waals surface area contributed by atoms with E-state index < -0.39 is 0 Å². The molecule has 0 spiro atoms. The van der Waals surface area contributed by atoms with Gasteiger partial charge in [-0.2, -0.15) is 0 Å². The Morgan fingerprint density at radius 1 is 0.520 bits per heavy atom. The van der Waals surface area contributed by atoms with Gasteiger partial charge in [0.1, 0.15) is 0 Å². The first kappa shape index (κ1) is 22.6. The average Bonchev–Trinajstić information content (AvgIpc) is 2.66. The highest BCUT2D eigenvalue weighted by Gasteiger charge is 1.95. The first-order chi connectivity index (χ1) is 12.9. The van der Waals surface area contributed by atoms with Crippen LogP contribution in [-0.4, -0.2) is 0 Å². The van der Waals surface area contributed by atoms with Gasteiger partial charge in [0, 0.05) is 0 Å². The number of nitrogens with two attached hydrogens (primary N) is 1. The van der Waals surface area contributed by atoms with Gasteiger partial charge in [-0.05, 0) is 19.0 Å². The van der Waals surface area contributed by atoms with Crippen molar-refractivity contribution in [1.82, 2.24) is 0 Å². The highest BCUT2D eigenvalue weighted by Crippen LogP contribution is 2.14. The fourth-order valence-electron chi connectivity index (χ4n) is 3.60. The largest absolute Gasteiger partial charge is 0.405 e. The third kappa shape index (κ3) is 23.5. The van der Waals surface area contributed by atoms with Crippen molar-refractivity contribution in [3.8, 4) is 0 Å². The number of hydrogen-bond donors (Lipinski definition) is 1. The van der Waals surface area contributed by atoms with Crippen molar-refractivity contribution in [2.45, 2.75) is 142 Å². The van der Waals surface area contributed by atoms with E-state index in [1.54, 1.807) is 6.20 Å². The minimum atomic E-state index is 1.12. The van der Waals surface area contributed by atoms with Gasteiger partial charge < -0.3 is 5.73 Å². The molecule has 1 heteroatoms. The maximum atomic E-state index is 6.79. The van der Waals surface area contributed by atoms with Crippen LogP contribution in [0.15, 0.2) is 12.3 Å². The lowest BCUT2D eigenvalue weighted by Crippen LogP contribution is -1.84. The highest BCUT2D eigenvalue weighted by atomic mass is 14.5. The average molecular weight is 353 g/mol. The van der Waals surface area contributed by atoms with Crippen LogP contribution in [0, 0.1) is 0 Å². The SMILES string of the molecule is [2H]NC=CCCCCCCCCCCCCCCCCCCCCCC. The van der Waals surface area contributed by atoms with Gasteiger partial charge in [-0.1, -0.05) is 135 Å². The third-order valence-electron chi connectivity index (χ3n) is 5.34. The molecule has 0 bridgehead atoms. The number of unbranched alkanes of at least 4 members (excludes halogenated alkanes) is 20. The second-order valence-electron chi connectivity index (χ2n) is 7.91. The molecule has 0 heterocycles. The molecule has 1 nitrogen and oxygen atoms in total. The van der Waals surface area contributed by atoms with Crippen molar-refractivity contribution in [3.63, 3.8) is 0 Å². The van der Waals surface area contributed by atoms with Gasteiger partial charge in [0.25, 0.3) is 0 Å². The molecule has 0 aromatic carbocycles. The third-order valence-corrected chi connectivity index (χ3v) is 5.34. The Labute approximate surface area is 161 Å². The molecule has 0 atom stereocenters. The van der Waals surface area contributed by atoms with Crippen LogP contribution >= 0.6 is 0 Å². The Morgan fingerprint density at radius 2 is 0.840 bits per heavy atom. The van der Waals surface area contributed by atoms with Crippen molar-refractivity contribution in [2.75, 3.05) is 0 Å². The normalized spacial score (nSPS) is 12.0. The predicted molar refractivity (Wildman–Crippen MR) is 116 cm³/mol. The molecule has 0 saturated carbocycles. The van der Waals surface area contributed by atoms with Crippen LogP contribution in [0.25, 0.3) is 0 Å². The van der Waals surface area contributed by atoms with Crippen LogP contribution in [0.3, 0.4) is 0 Å². The first-order valence-electron chi connectivity index (χ1n) is 12.2. The fraction of sp³-hybridized carbons (Fsp3) is 0.917. The smallest absolute Gasteiger partial charge is 0.156 e. The van der Waals surface area contributed by atoms with Crippen LogP contribution in [0.4, 0.5) is 0 Å². The molecule has 0 aliphatic carbocycles. The molecule has 0 aromatic heterocycles. The van der Waals surface area contributed by atoms with Crippen LogP contribution in [-0.2, 0) is 0 Å². The van der Waals surface area contributed by atoms with E-state index in [0.29, 0.717) is 0 Å². The van der Waals surface area contributed by atoms with Crippen molar-refractivity contribution in [1.29, 1.82) is 0 Å². The topological polar surface area (TPSA) is 26.0 Å². The van der Waals surface area contributed by atoms with Gasteiger partial charge in [-0.15, -0.1) is 0 Å². The van der Waals surface area contributed by atoms with Crippen molar-refractivity contribution >= 4 is 0 Å². The van der Waals surface area contributed by atoms with Crippen LogP contribution in [0.2, 0.25) is 1.41 Å². The maximum Gasteiger partial charge on any atom is 0.156 e.